The number of carbonyl (C=O) groups excluding carboxylic acids is 2. The van der Waals surface area contributed by atoms with Crippen LogP contribution >= 0.6 is 0 Å². The standard InChI is InChI=1S/C21H30N2O5S/c1-15-8-3-4-11-19(15)22-20(24)16(2)28-21(25)17-9-7-10-18(14-17)29(26,27)23-12-5-6-13-23/h7,9-10,14-16,19H,3-6,8,11-13H2,1-2H3,(H,22,24)/t15-,16+,19-/m1/s1. The number of nitrogens with one attached hydrogen (secondary N) is 1. The molecule has 1 amide bonds. The minimum atomic E-state index is -3.62. The Morgan fingerprint density at radius 1 is 1.14 bits per heavy atom. The smallest absolute Gasteiger partial charge is 0.338 e. The van der Waals surface area contributed by atoms with Gasteiger partial charge in [0.15, 0.2) is 6.10 Å². The first kappa shape index (κ1) is 21.8. The fourth-order valence-electron chi connectivity index (χ4n) is 3.97. The highest BCUT2D eigenvalue weighted by Gasteiger charge is 2.29. The monoisotopic (exact) mass is 422 g/mol. The van der Waals surface area contributed by atoms with Crippen molar-refractivity contribution >= 4 is 21.9 Å². The molecular weight excluding hydrogens is 392 g/mol. The molecule has 7 nitrogen and oxygen atoms in total. The average Bonchev–Trinajstić information content (AvgIpc) is 3.25. The molecule has 0 radical (unpaired) electrons. The second-order valence-corrected chi connectivity index (χ2v) is 10.0. The quantitative estimate of drug-likeness (QED) is 0.712. The van der Waals surface area contributed by atoms with E-state index in [1.54, 1.807) is 0 Å². The van der Waals surface area contributed by atoms with Gasteiger partial charge in [0.25, 0.3) is 5.91 Å². The summed E-state index contributed by atoms with van der Waals surface area (Å²) in [4.78, 5) is 25.0. The Balaban J connectivity index is 1.63. The minimum absolute atomic E-state index is 0.0713. The van der Waals surface area contributed by atoms with Crippen LogP contribution in [0, 0.1) is 5.92 Å². The highest BCUT2D eigenvalue weighted by Crippen LogP contribution is 2.24. The van der Waals surface area contributed by atoms with E-state index < -0.39 is 22.1 Å². The molecule has 1 aromatic carbocycles. The van der Waals surface area contributed by atoms with Gasteiger partial charge in [0, 0.05) is 19.1 Å². The molecule has 0 bridgehead atoms. The van der Waals surface area contributed by atoms with E-state index in [0.29, 0.717) is 19.0 Å². The van der Waals surface area contributed by atoms with Crippen LogP contribution in [0.25, 0.3) is 0 Å². The minimum Gasteiger partial charge on any atom is -0.449 e. The molecule has 160 valence electrons. The van der Waals surface area contributed by atoms with Crippen LogP contribution in [0.2, 0.25) is 0 Å². The molecule has 1 aliphatic heterocycles. The number of benzene rings is 1. The second kappa shape index (κ2) is 9.26. The lowest BCUT2D eigenvalue weighted by atomic mass is 9.86. The topological polar surface area (TPSA) is 92.8 Å². The van der Waals surface area contributed by atoms with Crippen molar-refractivity contribution < 1.29 is 22.7 Å². The Morgan fingerprint density at radius 2 is 1.83 bits per heavy atom. The molecule has 2 aliphatic rings. The van der Waals surface area contributed by atoms with Gasteiger partial charge in [-0.3, -0.25) is 4.79 Å². The van der Waals surface area contributed by atoms with Crippen molar-refractivity contribution in [2.45, 2.75) is 69.4 Å². The van der Waals surface area contributed by atoms with Gasteiger partial charge in [-0.25, -0.2) is 13.2 Å². The number of hydrogen-bond donors (Lipinski definition) is 1. The third kappa shape index (κ3) is 5.17. The first-order chi connectivity index (χ1) is 13.8. The molecule has 1 N–H and O–H groups in total. The Kier molecular flexibility index (Phi) is 6.95. The van der Waals surface area contributed by atoms with Gasteiger partial charge in [-0.05, 0) is 56.7 Å². The third-order valence-corrected chi connectivity index (χ3v) is 7.76. The summed E-state index contributed by atoms with van der Waals surface area (Å²) >= 11 is 0. The molecule has 0 spiro atoms. The highest BCUT2D eigenvalue weighted by atomic mass is 32.2. The summed E-state index contributed by atoms with van der Waals surface area (Å²) in [5, 5.41) is 2.98. The average molecular weight is 423 g/mol. The van der Waals surface area contributed by atoms with E-state index in [-0.39, 0.29) is 22.4 Å². The van der Waals surface area contributed by atoms with Gasteiger partial charge in [0.2, 0.25) is 10.0 Å². The van der Waals surface area contributed by atoms with Gasteiger partial charge >= 0.3 is 5.97 Å². The van der Waals surface area contributed by atoms with E-state index in [1.807, 2.05) is 0 Å². The van der Waals surface area contributed by atoms with Crippen molar-refractivity contribution in [3.63, 3.8) is 0 Å². The predicted molar refractivity (Wildman–Crippen MR) is 109 cm³/mol. The van der Waals surface area contributed by atoms with Crippen LogP contribution in [-0.2, 0) is 19.6 Å². The SMILES string of the molecule is C[C@H](OC(=O)c1cccc(S(=O)(=O)N2CCCC2)c1)C(=O)N[C@@H]1CCCC[C@H]1C. The van der Waals surface area contributed by atoms with Crippen LogP contribution in [0.3, 0.4) is 0 Å². The van der Waals surface area contributed by atoms with Crippen LogP contribution in [0.1, 0.15) is 62.7 Å². The number of sulfonamides is 1. The van der Waals surface area contributed by atoms with Crippen molar-refractivity contribution in [1.82, 2.24) is 9.62 Å². The summed E-state index contributed by atoms with van der Waals surface area (Å²) in [5.41, 5.74) is 0.121. The largest absolute Gasteiger partial charge is 0.449 e. The molecule has 0 unspecified atom stereocenters. The number of rotatable bonds is 6. The van der Waals surface area contributed by atoms with E-state index >= 15 is 0 Å². The predicted octanol–water partition coefficient (Wildman–Crippen LogP) is 2.71. The van der Waals surface area contributed by atoms with Gasteiger partial charge in [0.1, 0.15) is 0 Å². The molecule has 1 aromatic rings. The number of esters is 1. The molecule has 3 atom stereocenters. The number of amides is 1. The zero-order chi connectivity index (χ0) is 21.0. The summed E-state index contributed by atoms with van der Waals surface area (Å²) in [6.07, 6.45) is 5.01. The van der Waals surface area contributed by atoms with Crippen LogP contribution < -0.4 is 5.32 Å². The van der Waals surface area contributed by atoms with Gasteiger partial charge in [-0.15, -0.1) is 0 Å². The maximum absolute atomic E-state index is 12.7. The number of ether oxygens (including phenoxy) is 1. The first-order valence-electron chi connectivity index (χ1n) is 10.4. The number of nitrogens with zero attached hydrogens (tertiary/aromatic N) is 1. The molecule has 0 aromatic heterocycles. The van der Waals surface area contributed by atoms with Gasteiger partial charge in [-0.1, -0.05) is 25.8 Å². The zero-order valence-corrected chi connectivity index (χ0v) is 17.9. The van der Waals surface area contributed by atoms with Gasteiger partial charge in [0.05, 0.1) is 10.5 Å². The molecule has 8 heteroatoms. The van der Waals surface area contributed by atoms with Crippen molar-refractivity contribution in [2.75, 3.05) is 13.1 Å². The van der Waals surface area contributed by atoms with E-state index in [0.717, 1.165) is 32.1 Å². The fraction of sp³-hybridized carbons (Fsp3) is 0.619. The normalized spacial score (nSPS) is 24.1. The van der Waals surface area contributed by atoms with Crippen molar-refractivity contribution in [2.24, 2.45) is 5.92 Å². The number of hydrogen-bond acceptors (Lipinski definition) is 5. The van der Waals surface area contributed by atoms with Gasteiger partial charge < -0.3 is 10.1 Å². The Labute approximate surface area is 172 Å². The van der Waals surface area contributed by atoms with Crippen molar-refractivity contribution in [1.29, 1.82) is 0 Å². The first-order valence-corrected chi connectivity index (χ1v) is 11.8. The molecule has 29 heavy (non-hydrogen) atoms. The lowest BCUT2D eigenvalue weighted by Crippen LogP contribution is -2.46. The Hall–Kier alpha value is -1.93. The van der Waals surface area contributed by atoms with Crippen LogP contribution in [0.5, 0.6) is 0 Å². The van der Waals surface area contributed by atoms with Gasteiger partial charge in [-0.2, -0.15) is 4.31 Å². The maximum atomic E-state index is 12.7. The van der Waals surface area contributed by atoms with Crippen LogP contribution in [0.4, 0.5) is 0 Å². The molecule has 3 rings (SSSR count). The van der Waals surface area contributed by atoms with Crippen LogP contribution in [-0.4, -0.2) is 49.8 Å². The molecular formula is C21H30N2O5S. The highest BCUT2D eigenvalue weighted by molar-refractivity contribution is 7.89. The lowest BCUT2D eigenvalue weighted by molar-refractivity contribution is -0.130. The summed E-state index contributed by atoms with van der Waals surface area (Å²) in [5.74, 6) is -0.621. The van der Waals surface area contributed by atoms with Crippen molar-refractivity contribution in [3.8, 4) is 0 Å². The Morgan fingerprint density at radius 3 is 2.52 bits per heavy atom. The van der Waals surface area contributed by atoms with Crippen LogP contribution in [0.15, 0.2) is 29.2 Å². The third-order valence-electron chi connectivity index (χ3n) is 5.86. The fourth-order valence-corrected chi connectivity index (χ4v) is 5.54. The van der Waals surface area contributed by atoms with E-state index in [4.69, 9.17) is 4.74 Å². The van der Waals surface area contributed by atoms with E-state index in [2.05, 4.69) is 12.2 Å². The molecule has 1 heterocycles. The lowest BCUT2D eigenvalue weighted by Gasteiger charge is -2.30. The summed E-state index contributed by atoms with van der Waals surface area (Å²) in [6.45, 7) is 4.64. The van der Waals surface area contributed by atoms with E-state index in [1.165, 1.54) is 41.9 Å². The molecule has 1 aliphatic carbocycles. The summed E-state index contributed by atoms with van der Waals surface area (Å²) < 4.78 is 32.1. The molecule has 1 saturated carbocycles. The second-order valence-electron chi connectivity index (χ2n) is 8.06. The molecule has 2 fully saturated rings. The Bertz CT molecular complexity index is 848. The molecule has 1 saturated heterocycles. The van der Waals surface area contributed by atoms with E-state index in [9.17, 15) is 18.0 Å². The maximum Gasteiger partial charge on any atom is 0.338 e. The summed E-state index contributed by atoms with van der Waals surface area (Å²) in [7, 11) is -3.62. The zero-order valence-electron chi connectivity index (χ0n) is 17.1. The van der Waals surface area contributed by atoms with Crippen molar-refractivity contribution in [3.05, 3.63) is 29.8 Å². The summed E-state index contributed by atoms with van der Waals surface area (Å²) in [6, 6.07) is 5.92. The number of carbonyl (C=O) groups is 2.